The maximum absolute atomic E-state index is 12.6. The number of sulfonamides is 1. The number of anilines is 2. The first-order valence-corrected chi connectivity index (χ1v) is 10.1. The highest BCUT2D eigenvalue weighted by Crippen LogP contribution is 2.19. The molecular formula is C18H17N3O3S2. The normalized spacial score (nSPS) is 11.2. The Morgan fingerprint density at radius 2 is 1.81 bits per heavy atom. The third kappa shape index (κ3) is 4.27. The smallest absolute Gasteiger partial charge is 0.261 e. The Bertz CT molecular complexity index is 1040. The summed E-state index contributed by atoms with van der Waals surface area (Å²) >= 11 is 1.31. The molecule has 2 aromatic carbocycles. The molecule has 0 fully saturated rings. The van der Waals surface area contributed by atoms with E-state index in [9.17, 15) is 13.2 Å². The van der Waals surface area contributed by atoms with Gasteiger partial charge in [0.15, 0.2) is 5.13 Å². The average Bonchev–Trinajstić information content (AvgIpc) is 3.02. The van der Waals surface area contributed by atoms with E-state index in [1.807, 2.05) is 31.4 Å². The van der Waals surface area contributed by atoms with Crippen molar-refractivity contribution in [2.45, 2.75) is 18.7 Å². The molecule has 0 unspecified atom stereocenters. The molecule has 1 amide bonds. The fourth-order valence-electron chi connectivity index (χ4n) is 2.22. The molecule has 0 saturated heterocycles. The average molecular weight is 387 g/mol. The molecule has 0 saturated carbocycles. The minimum absolute atomic E-state index is 0.0149. The summed E-state index contributed by atoms with van der Waals surface area (Å²) in [6.45, 7) is 3.75. The first-order chi connectivity index (χ1) is 12.3. The van der Waals surface area contributed by atoms with E-state index < -0.39 is 15.9 Å². The lowest BCUT2D eigenvalue weighted by atomic mass is 10.2. The van der Waals surface area contributed by atoms with Crippen molar-refractivity contribution in [3.8, 4) is 0 Å². The van der Waals surface area contributed by atoms with Crippen LogP contribution in [0.4, 0.5) is 10.8 Å². The van der Waals surface area contributed by atoms with E-state index in [-0.39, 0.29) is 10.5 Å². The lowest BCUT2D eigenvalue weighted by Gasteiger charge is -2.09. The topological polar surface area (TPSA) is 88.2 Å². The molecule has 26 heavy (non-hydrogen) atoms. The molecule has 0 aliphatic heterocycles. The Labute approximate surface area is 156 Å². The van der Waals surface area contributed by atoms with Crippen LogP contribution in [0.15, 0.2) is 58.8 Å². The summed E-state index contributed by atoms with van der Waals surface area (Å²) in [5.74, 6) is -0.410. The lowest BCUT2D eigenvalue weighted by Crippen LogP contribution is -2.16. The Morgan fingerprint density at radius 1 is 1.08 bits per heavy atom. The number of aryl methyl sites for hydroxylation is 2. The maximum atomic E-state index is 12.6. The second kappa shape index (κ2) is 7.27. The molecule has 0 aliphatic carbocycles. The van der Waals surface area contributed by atoms with Gasteiger partial charge in [-0.2, -0.15) is 0 Å². The first kappa shape index (κ1) is 18.1. The van der Waals surface area contributed by atoms with Crippen LogP contribution in [0.3, 0.4) is 0 Å². The molecule has 0 atom stereocenters. The van der Waals surface area contributed by atoms with Gasteiger partial charge in [-0.3, -0.25) is 14.8 Å². The van der Waals surface area contributed by atoms with Crippen LogP contribution in [-0.4, -0.2) is 19.3 Å². The highest BCUT2D eigenvalue weighted by molar-refractivity contribution is 7.92. The number of carbonyl (C=O) groups excluding carboxylic acids is 1. The summed E-state index contributed by atoms with van der Waals surface area (Å²) in [6, 6.07) is 12.9. The standard InChI is InChI=1S/C18H17N3O3S2/c1-12-6-8-15(9-7-12)21-26(23,24)16-5-3-4-14(10-16)17(22)20-18-19-13(2)11-25-18/h3-11,21H,1-2H3,(H,19,20,22). The number of benzene rings is 2. The molecule has 1 aromatic heterocycles. The lowest BCUT2D eigenvalue weighted by molar-refractivity contribution is 0.102. The SMILES string of the molecule is Cc1ccc(NS(=O)(=O)c2cccc(C(=O)Nc3nc(C)cs3)c2)cc1. The highest BCUT2D eigenvalue weighted by Gasteiger charge is 2.17. The summed E-state index contributed by atoms with van der Waals surface area (Å²) in [5, 5.41) is 4.96. The zero-order valence-corrected chi connectivity index (χ0v) is 15.8. The minimum Gasteiger partial charge on any atom is -0.298 e. The van der Waals surface area contributed by atoms with Gasteiger partial charge >= 0.3 is 0 Å². The highest BCUT2D eigenvalue weighted by atomic mass is 32.2. The van der Waals surface area contributed by atoms with Crippen molar-refractivity contribution < 1.29 is 13.2 Å². The third-order valence-corrected chi connectivity index (χ3v) is 5.80. The van der Waals surface area contributed by atoms with Crippen LogP contribution in [0.2, 0.25) is 0 Å². The van der Waals surface area contributed by atoms with E-state index in [1.165, 1.54) is 29.5 Å². The molecular weight excluding hydrogens is 370 g/mol. The van der Waals surface area contributed by atoms with Crippen molar-refractivity contribution >= 4 is 38.1 Å². The first-order valence-electron chi connectivity index (χ1n) is 7.76. The summed E-state index contributed by atoms with van der Waals surface area (Å²) < 4.78 is 27.7. The second-order valence-corrected chi connectivity index (χ2v) is 8.29. The molecule has 0 aliphatic rings. The molecule has 0 bridgehead atoms. The van der Waals surface area contributed by atoms with Gasteiger partial charge in [0.25, 0.3) is 15.9 Å². The predicted molar refractivity (Wildman–Crippen MR) is 103 cm³/mol. The summed E-state index contributed by atoms with van der Waals surface area (Å²) in [7, 11) is -3.79. The van der Waals surface area contributed by atoms with Gasteiger partial charge in [0.2, 0.25) is 0 Å². The number of aromatic nitrogens is 1. The number of thiazole rings is 1. The van der Waals surface area contributed by atoms with Crippen LogP contribution in [0.25, 0.3) is 0 Å². The quantitative estimate of drug-likeness (QED) is 0.697. The molecule has 2 N–H and O–H groups in total. The van der Waals surface area contributed by atoms with E-state index in [2.05, 4.69) is 15.0 Å². The van der Waals surface area contributed by atoms with Crippen molar-refractivity contribution in [2.24, 2.45) is 0 Å². The zero-order valence-electron chi connectivity index (χ0n) is 14.2. The monoisotopic (exact) mass is 387 g/mol. The summed E-state index contributed by atoms with van der Waals surface area (Å²) in [6.07, 6.45) is 0. The number of amides is 1. The molecule has 8 heteroatoms. The van der Waals surface area contributed by atoms with Gasteiger partial charge in [-0.25, -0.2) is 13.4 Å². The van der Waals surface area contributed by atoms with Crippen molar-refractivity contribution in [1.29, 1.82) is 0 Å². The van der Waals surface area contributed by atoms with Crippen LogP contribution in [0, 0.1) is 13.8 Å². The molecule has 3 aromatic rings. The van der Waals surface area contributed by atoms with E-state index >= 15 is 0 Å². The number of carbonyl (C=O) groups is 1. The number of hydrogen-bond acceptors (Lipinski definition) is 5. The predicted octanol–water partition coefficient (Wildman–Crippen LogP) is 3.81. The number of rotatable bonds is 5. The Kier molecular flexibility index (Phi) is 5.06. The van der Waals surface area contributed by atoms with Crippen molar-refractivity contribution in [3.05, 3.63) is 70.7 Å². The number of nitrogens with zero attached hydrogens (tertiary/aromatic N) is 1. The van der Waals surface area contributed by atoms with E-state index in [0.29, 0.717) is 10.8 Å². The molecule has 134 valence electrons. The molecule has 3 rings (SSSR count). The van der Waals surface area contributed by atoms with E-state index in [1.54, 1.807) is 18.2 Å². The van der Waals surface area contributed by atoms with Crippen LogP contribution in [-0.2, 0) is 10.0 Å². The third-order valence-electron chi connectivity index (χ3n) is 3.55. The minimum atomic E-state index is -3.79. The van der Waals surface area contributed by atoms with Crippen molar-refractivity contribution in [2.75, 3.05) is 10.0 Å². The molecule has 6 nitrogen and oxygen atoms in total. The van der Waals surface area contributed by atoms with Crippen LogP contribution >= 0.6 is 11.3 Å². The van der Waals surface area contributed by atoms with Gasteiger partial charge in [0.1, 0.15) is 0 Å². The largest absolute Gasteiger partial charge is 0.298 e. The summed E-state index contributed by atoms with van der Waals surface area (Å²) in [4.78, 5) is 16.5. The zero-order chi connectivity index (χ0) is 18.7. The Hall–Kier alpha value is -2.71. The van der Waals surface area contributed by atoms with E-state index in [0.717, 1.165) is 11.3 Å². The summed E-state index contributed by atoms with van der Waals surface area (Å²) in [5.41, 5.74) is 2.54. The van der Waals surface area contributed by atoms with Crippen LogP contribution in [0.5, 0.6) is 0 Å². The van der Waals surface area contributed by atoms with Crippen LogP contribution in [0.1, 0.15) is 21.6 Å². The Morgan fingerprint density at radius 3 is 2.46 bits per heavy atom. The fraction of sp³-hybridized carbons (Fsp3) is 0.111. The van der Waals surface area contributed by atoms with Crippen molar-refractivity contribution in [1.82, 2.24) is 4.98 Å². The van der Waals surface area contributed by atoms with E-state index in [4.69, 9.17) is 0 Å². The maximum Gasteiger partial charge on any atom is 0.261 e. The number of hydrogen-bond donors (Lipinski definition) is 2. The second-order valence-electron chi connectivity index (χ2n) is 5.75. The molecule has 1 heterocycles. The van der Waals surface area contributed by atoms with Gasteiger partial charge in [0.05, 0.1) is 10.6 Å². The fourth-order valence-corrected chi connectivity index (χ4v) is 4.01. The number of nitrogens with one attached hydrogen (secondary N) is 2. The van der Waals surface area contributed by atoms with Gasteiger partial charge in [0, 0.05) is 16.6 Å². The van der Waals surface area contributed by atoms with Crippen LogP contribution < -0.4 is 10.0 Å². The van der Waals surface area contributed by atoms with Crippen molar-refractivity contribution in [3.63, 3.8) is 0 Å². The van der Waals surface area contributed by atoms with Gasteiger partial charge in [-0.15, -0.1) is 11.3 Å². The van der Waals surface area contributed by atoms with Gasteiger partial charge in [-0.05, 0) is 44.2 Å². The molecule has 0 spiro atoms. The van der Waals surface area contributed by atoms with Gasteiger partial charge in [-0.1, -0.05) is 23.8 Å². The Balaban J connectivity index is 1.81. The molecule has 0 radical (unpaired) electrons. The van der Waals surface area contributed by atoms with Gasteiger partial charge < -0.3 is 0 Å².